The predicted molar refractivity (Wildman–Crippen MR) is 232 cm³/mol. The fourth-order valence-corrected chi connectivity index (χ4v) is 8.87. The van der Waals surface area contributed by atoms with Gasteiger partial charge < -0.3 is 4.90 Å². The van der Waals surface area contributed by atoms with E-state index >= 15 is 0 Å². The Hall–Kier alpha value is -4.95. The second-order valence-electron chi connectivity index (χ2n) is 16.2. The molecule has 0 saturated carbocycles. The average Bonchev–Trinajstić information content (AvgIpc) is 3.35. The zero-order valence-corrected chi connectivity index (χ0v) is 33.1. The number of nitrogens with zero attached hydrogens (tertiary/aromatic N) is 2. The third kappa shape index (κ3) is 7.09. The number of hydrogen-bond donors (Lipinski definition) is 0. The van der Waals surface area contributed by atoms with Gasteiger partial charge in [-0.05, 0) is 136 Å². The minimum atomic E-state index is 0.0874. The Bertz CT molecular complexity index is 2280. The Kier molecular flexibility index (Phi) is 10.4. The second kappa shape index (κ2) is 15.2. The van der Waals surface area contributed by atoms with Gasteiger partial charge in [0.05, 0.1) is 6.04 Å². The van der Waals surface area contributed by atoms with Gasteiger partial charge in [0, 0.05) is 42.6 Å². The van der Waals surface area contributed by atoms with Crippen LogP contribution in [0.25, 0.3) is 27.1 Å². The first-order chi connectivity index (χ1) is 25.6. The van der Waals surface area contributed by atoms with Gasteiger partial charge in [0.1, 0.15) is 0 Å². The number of hydrogen-bond acceptors (Lipinski definition) is 2. The fraction of sp³-hybridized carbons (Fsp3) is 0.314. The predicted octanol–water partition coefficient (Wildman–Crippen LogP) is 13.6. The van der Waals surface area contributed by atoms with E-state index in [0.717, 1.165) is 25.7 Å². The maximum atomic E-state index is 4.39. The molecule has 7 rings (SSSR count). The number of fused-ring (bicyclic) bond motifs is 5. The molecular weight excluding hydrogens is 641 g/mol. The summed E-state index contributed by atoms with van der Waals surface area (Å²) in [5.74, 6) is 0.828. The SMILES string of the molecule is C/C=C\N=CCC(/C=C\Cc1cc(C2=CC3C4=C(CC=CCC4C)N(c4ccccc4)C3C=C2)c2ccc3cc(C(C)(C)C)cc(C)c3c2c1C)=C/C. The van der Waals surface area contributed by atoms with E-state index in [1.807, 2.05) is 25.4 Å². The summed E-state index contributed by atoms with van der Waals surface area (Å²) in [7, 11) is 0. The lowest BCUT2D eigenvalue weighted by Gasteiger charge is -2.32. The highest BCUT2D eigenvalue weighted by Crippen LogP contribution is 2.49. The third-order valence-electron chi connectivity index (χ3n) is 11.7. The van der Waals surface area contributed by atoms with Crippen molar-refractivity contribution in [1.29, 1.82) is 0 Å². The van der Waals surface area contributed by atoms with E-state index in [4.69, 9.17) is 0 Å². The summed E-state index contributed by atoms with van der Waals surface area (Å²) in [5, 5.41) is 5.46. The van der Waals surface area contributed by atoms with Crippen LogP contribution in [-0.4, -0.2) is 12.3 Å². The molecule has 2 heteroatoms. The summed E-state index contributed by atoms with van der Waals surface area (Å²) in [6, 6.07) is 23.5. The van der Waals surface area contributed by atoms with E-state index < -0.39 is 0 Å². The number of allylic oxidation sites excluding steroid dienone is 9. The molecule has 1 heterocycles. The number of rotatable bonds is 8. The molecule has 3 aliphatic rings. The van der Waals surface area contributed by atoms with Crippen LogP contribution < -0.4 is 4.90 Å². The number of aliphatic imine (C=N–C) groups is 1. The van der Waals surface area contributed by atoms with Crippen LogP contribution in [0.4, 0.5) is 5.69 Å². The minimum Gasteiger partial charge on any atom is -0.337 e. The van der Waals surface area contributed by atoms with Crippen molar-refractivity contribution in [3.8, 4) is 0 Å². The van der Waals surface area contributed by atoms with Crippen molar-refractivity contribution < 1.29 is 0 Å². The minimum absolute atomic E-state index is 0.0874. The van der Waals surface area contributed by atoms with Gasteiger partial charge in [0.15, 0.2) is 0 Å². The molecule has 3 atom stereocenters. The molecule has 2 nitrogen and oxygen atoms in total. The molecule has 0 N–H and O–H groups in total. The Morgan fingerprint density at radius 3 is 2.53 bits per heavy atom. The highest BCUT2D eigenvalue weighted by Gasteiger charge is 2.42. The lowest BCUT2D eigenvalue weighted by atomic mass is 9.78. The van der Waals surface area contributed by atoms with Gasteiger partial charge in [-0.3, -0.25) is 4.99 Å². The quantitative estimate of drug-likeness (QED) is 0.0775. The van der Waals surface area contributed by atoms with Gasteiger partial charge in [-0.25, -0.2) is 0 Å². The molecule has 4 aromatic rings. The van der Waals surface area contributed by atoms with E-state index in [1.165, 1.54) is 71.9 Å². The standard InChI is InChI=1S/C51H56N2/c1-9-28-52-29-27-37(10-2)18-16-19-38-32-44(43-25-23-40-31-41(51(6,7)8)30-35(4)48(40)50(43)36(38)5)39-24-26-46-45(33-39)49-34(3)17-14-15-22-47(49)53(46)42-20-12-11-13-21-42/h9-16,18,20-21,23-26,28-34,45-46H,17,19,22,27H2,1-8H3/b18-16-,28-9-,37-10+,52-29?. The number of benzene rings is 4. The van der Waals surface area contributed by atoms with Crippen LogP contribution in [0.2, 0.25) is 0 Å². The smallest absolute Gasteiger partial charge is 0.0623 e. The Balaban J connectivity index is 1.38. The summed E-state index contributed by atoms with van der Waals surface area (Å²) in [5.41, 5.74) is 13.9. The van der Waals surface area contributed by atoms with Crippen LogP contribution in [0.5, 0.6) is 0 Å². The van der Waals surface area contributed by atoms with Gasteiger partial charge in [-0.15, -0.1) is 0 Å². The van der Waals surface area contributed by atoms with E-state index in [2.05, 4.69) is 168 Å². The molecule has 0 aromatic heterocycles. The van der Waals surface area contributed by atoms with Crippen LogP contribution in [0.15, 0.2) is 143 Å². The van der Waals surface area contributed by atoms with Crippen molar-refractivity contribution >= 4 is 39.0 Å². The van der Waals surface area contributed by atoms with Crippen molar-refractivity contribution in [2.75, 3.05) is 4.90 Å². The zero-order valence-electron chi connectivity index (χ0n) is 33.1. The molecule has 0 amide bonds. The maximum Gasteiger partial charge on any atom is 0.0623 e. The summed E-state index contributed by atoms with van der Waals surface area (Å²) >= 11 is 0. The van der Waals surface area contributed by atoms with Crippen molar-refractivity contribution in [3.63, 3.8) is 0 Å². The molecule has 0 saturated heterocycles. The highest BCUT2D eigenvalue weighted by atomic mass is 15.2. The Morgan fingerprint density at radius 1 is 0.962 bits per heavy atom. The maximum absolute atomic E-state index is 4.39. The van der Waals surface area contributed by atoms with Gasteiger partial charge in [0.25, 0.3) is 0 Å². The van der Waals surface area contributed by atoms with Crippen molar-refractivity contribution in [2.45, 2.75) is 92.5 Å². The summed E-state index contributed by atoms with van der Waals surface area (Å²) in [4.78, 5) is 7.02. The molecule has 0 bridgehead atoms. The topological polar surface area (TPSA) is 15.6 Å². The first-order valence-corrected chi connectivity index (χ1v) is 19.7. The molecular formula is C51H56N2. The van der Waals surface area contributed by atoms with Gasteiger partial charge in [-0.2, -0.15) is 0 Å². The zero-order chi connectivity index (χ0) is 37.3. The van der Waals surface area contributed by atoms with Crippen LogP contribution >= 0.6 is 0 Å². The lowest BCUT2D eigenvalue weighted by molar-refractivity contribution is 0.584. The molecule has 3 unspecified atom stereocenters. The van der Waals surface area contributed by atoms with Gasteiger partial charge in [-0.1, -0.05) is 125 Å². The Morgan fingerprint density at radius 2 is 1.77 bits per heavy atom. The first kappa shape index (κ1) is 36.4. The second-order valence-corrected chi connectivity index (χ2v) is 16.2. The number of aryl methyl sites for hydroxylation is 2. The largest absolute Gasteiger partial charge is 0.337 e. The monoisotopic (exact) mass is 696 g/mol. The molecule has 0 fully saturated rings. The molecule has 0 spiro atoms. The van der Waals surface area contributed by atoms with Crippen LogP contribution in [0.3, 0.4) is 0 Å². The van der Waals surface area contributed by atoms with Crippen molar-refractivity contribution in [3.05, 3.63) is 166 Å². The normalized spacial score (nSPS) is 20.8. The lowest BCUT2D eigenvalue weighted by Crippen LogP contribution is -2.33. The summed E-state index contributed by atoms with van der Waals surface area (Å²) in [6.07, 6.45) is 28.7. The molecule has 2 aliphatic carbocycles. The van der Waals surface area contributed by atoms with Crippen LogP contribution in [-0.2, 0) is 11.8 Å². The van der Waals surface area contributed by atoms with Gasteiger partial charge >= 0.3 is 0 Å². The molecule has 53 heavy (non-hydrogen) atoms. The van der Waals surface area contributed by atoms with E-state index in [-0.39, 0.29) is 11.5 Å². The number of para-hydroxylation sites is 1. The van der Waals surface area contributed by atoms with Crippen molar-refractivity contribution in [2.24, 2.45) is 16.8 Å². The molecule has 1 aliphatic heterocycles. The summed E-state index contributed by atoms with van der Waals surface area (Å²) in [6.45, 7) is 18.2. The molecule has 0 radical (unpaired) electrons. The third-order valence-corrected chi connectivity index (χ3v) is 11.7. The first-order valence-electron chi connectivity index (χ1n) is 19.7. The number of anilines is 1. The van der Waals surface area contributed by atoms with Gasteiger partial charge in [0.2, 0.25) is 0 Å². The molecule has 4 aromatic carbocycles. The van der Waals surface area contributed by atoms with Crippen molar-refractivity contribution in [1.82, 2.24) is 0 Å². The fourth-order valence-electron chi connectivity index (χ4n) is 8.87. The summed E-state index contributed by atoms with van der Waals surface area (Å²) < 4.78 is 0. The van der Waals surface area contributed by atoms with E-state index in [9.17, 15) is 0 Å². The average molecular weight is 697 g/mol. The molecule has 270 valence electrons. The highest BCUT2D eigenvalue weighted by molar-refractivity contribution is 6.14. The van der Waals surface area contributed by atoms with Crippen LogP contribution in [0, 0.1) is 25.7 Å². The Labute approximate surface area is 318 Å². The van der Waals surface area contributed by atoms with Crippen LogP contribution in [0.1, 0.15) is 88.6 Å². The van der Waals surface area contributed by atoms with E-state index in [1.54, 1.807) is 5.57 Å². The van der Waals surface area contributed by atoms with E-state index in [0.29, 0.717) is 11.8 Å².